The van der Waals surface area contributed by atoms with Crippen molar-refractivity contribution in [1.29, 1.82) is 0 Å². The smallest absolute Gasteiger partial charge is 0.311 e. The molecule has 0 radical (unpaired) electrons. The van der Waals surface area contributed by atoms with Gasteiger partial charge in [0.05, 0.1) is 10.3 Å². The molecule has 1 aliphatic rings. The van der Waals surface area contributed by atoms with Crippen LogP contribution >= 0.6 is 0 Å². The van der Waals surface area contributed by atoms with Crippen molar-refractivity contribution < 1.29 is 14.8 Å². The van der Waals surface area contributed by atoms with Crippen LogP contribution in [0.4, 0.5) is 11.4 Å². The lowest BCUT2D eigenvalue weighted by Gasteiger charge is -2.25. The van der Waals surface area contributed by atoms with E-state index >= 15 is 0 Å². The minimum Gasteiger partial charge on any atom is -0.481 e. The Morgan fingerprint density at radius 3 is 2.81 bits per heavy atom. The Labute approximate surface area is 123 Å². The van der Waals surface area contributed by atoms with Gasteiger partial charge in [0.25, 0.3) is 5.69 Å². The Morgan fingerprint density at radius 2 is 2.24 bits per heavy atom. The van der Waals surface area contributed by atoms with Crippen LogP contribution in [-0.2, 0) is 4.79 Å². The Hall–Kier alpha value is -2.11. The van der Waals surface area contributed by atoms with Crippen molar-refractivity contribution in [2.45, 2.75) is 33.1 Å². The van der Waals surface area contributed by atoms with E-state index in [4.69, 9.17) is 0 Å². The van der Waals surface area contributed by atoms with E-state index in [0.29, 0.717) is 31.6 Å². The summed E-state index contributed by atoms with van der Waals surface area (Å²) < 4.78 is 0. The zero-order valence-corrected chi connectivity index (χ0v) is 12.3. The topological polar surface area (TPSA) is 83.7 Å². The molecule has 0 aromatic heterocycles. The number of carboxylic acid groups (broad SMARTS) is 1. The lowest BCUT2D eigenvalue weighted by atomic mass is 9.83. The van der Waals surface area contributed by atoms with Gasteiger partial charge in [-0.15, -0.1) is 0 Å². The van der Waals surface area contributed by atoms with Gasteiger partial charge in [0.2, 0.25) is 0 Å². The van der Waals surface area contributed by atoms with E-state index in [0.717, 1.165) is 12.0 Å². The largest absolute Gasteiger partial charge is 0.481 e. The summed E-state index contributed by atoms with van der Waals surface area (Å²) in [6.07, 6.45) is 1.91. The van der Waals surface area contributed by atoms with Crippen molar-refractivity contribution in [2.24, 2.45) is 5.41 Å². The molecule has 1 saturated heterocycles. The Kier molecular flexibility index (Phi) is 4.16. The van der Waals surface area contributed by atoms with Crippen molar-refractivity contribution >= 4 is 17.3 Å². The predicted molar refractivity (Wildman–Crippen MR) is 79.6 cm³/mol. The lowest BCUT2D eigenvalue weighted by Crippen LogP contribution is -2.35. The van der Waals surface area contributed by atoms with E-state index < -0.39 is 16.3 Å². The van der Waals surface area contributed by atoms with Gasteiger partial charge in [-0.25, -0.2) is 0 Å². The van der Waals surface area contributed by atoms with Crippen LogP contribution in [0.5, 0.6) is 0 Å². The molecule has 6 heteroatoms. The van der Waals surface area contributed by atoms with Gasteiger partial charge in [-0.2, -0.15) is 0 Å². The van der Waals surface area contributed by atoms with Gasteiger partial charge in [0, 0.05) is 19.2 Å². The summed E-state index contributed by atoms with van der Waals surface area (Å²) in [6, 6.07) is 4.95. The van der Waals surface area contributed by atoms with E-state index in [1.54, 1.807) is 6.07 Å². The third-order valence-corrected chi connectivity index (χ3v) is 4.27. The second-order valence-corrected chi connectivity index (χ2v) is 5.71. The number of nitro groups is 1. The highest BCUT2D eigenvalue weighted by molar-refractivity contribution is 5.78. The van der Waals surface area contributed by atoms with Crippen molar-refractivity contribution in [2.75, 3.05) is 18.0 Å². The van der Waals surface area contributed by atoms with Crippen LogP contribution in [0.3, 0.4) is 0 Å². The molecule has 1 N–H and O–H groups in total. The van der Waals surface area contributed by atoms with E-state index in [1.165, 1.54) is 6.07 Å². The number of anilines is 1. The predicted octanol–water partition coefficient (Wildman–Crippen LogP) is 2.98. The minimum absolute atomic E-state index is 0.0488. The molecule has 1 aromatic carbocycles. The van der Waals surface area contributed by atoms with E-state index in [2.05, 4.69) is 0 Å². The van der Waals surface area contributed by atoms with Crippen LogP contribution in [0, 0.1) is 22.5 Å². The number of hydrogen-bond donors (Lipinski definition) is 1. The van der Waals surface area contributed by atoms with Crippen LogP contribution in [-0.4, -0.2) is 29.1 Å². The summed E-state index contributed by atoms with van der Waals surface area (Å²) >= 11 is 0. The molecule has 1 aromatic rings. The van der Waals surface area contributed by atoms with Crippen LogP contribution in [0.25, 0.3) is 0 Å². The molecule has 0 amide bonds. The highest BCUT2D eigenvalue weighted by atomic mass is 16.6. The van der Waals surface area contributed by atoms with Crippen LogP contribution in [0.15, 0.2) is 18.2 Å². The summed E-state index contributed by atoms with van der Waals surface area (Å²) in [5.74, 6) is -0.803. The van der Waals surface area contributed by atoms with Crippen molar-refractivity contribution in [3.63, 3.8) is 0 Å². The fraction of sp³-hybridized carbons (Fsp3) is 0.533. The summed E-state index contributed by atoms with van der Waals surface area (Å²) in [5.41, 5.74) is 0.626. The Balaban J connectivity index is 2.38. The summed E-state index contributed by atoms with van der Waals surface area (Å²) in [7, 11) is 0. The maximum atomic E-state index is 11.6. The summed E-state index contributed by atoms with van der Waals surface area (Å²) in [4.78, 5) is 24.3. The van der Waals surface area contributed by atoms with Crippen LogP contribution in [0.2, 0.25) is 0 Å². The van der Waals surface area contributed by atoms with Gasteiger partial charge in [-0.05, 0) is 25.3 Å². The highest BCUT2D eigenvalue weighted by Crippen LogP contribution is 2.41. The van der Waals surface area contributed by atoms with Crippen molar-refractivity contribution in [3.05, 3.63) is 33.9 Å². The second-order valence-electron chi connectivity index (χ2n) is 5.71. The minimum atomic E-state index is -0.803. The van der Waals surface area contributed by atoms with Gasteiger partial charge in [-0.1, -0.05) is 25.5 Å². The lowest BCUT2D eigenvalue weighted by molar-refractivity contribution is -0.384. The normalized spacial score (nSPS) is 21.5. The van der Waals surface area contributed by atoms with E-state index in [1.807, 2.05) is 24.8 Å². The third-order valence-electron chi connectivity index (χ3n) is 4.27. The summed E-state index contributed by atoms with van der Waals surface area (Å²) in [5, 5.41) is 20.8. The molecule has 1 atom stereocenters. The average molecular weight is 292 g/mol. The molecule has 0 bridgehead atoms. The number of nitro benzene ring substituents is 1. The number of carbonyl (C=O) groups is 1. The first kappa shape index (κ1) is 15.3. The fourth-order valence-corrected chi connectivity index (χ4v) is 3.23. The number of hydrogen-bond acceptors (Lipinski definition) is 4. The fourth-order valence-electron chi connectivity index (χ4n) is 3.23. The van der Waals surface area contributed by atoms with Crippen LogP contribution < -0.4 is 4.90 Å². The number of rotatable bonds is 5. The molecule has 1 heterocycles. The number of nitrogens with zero attached hydrogens (tertiary/aromatic N) is 2. The Morgan fingerprint density at radius 1 is 1.52 bits per heavy atom. The van der Waals surface area contributed by atoms with Gasteiger partial charge < -0.3 is 10.0 Å². The molecule has 0 saturated carbocycles. The Bertz CT molecular complexity index is 573. The number of aryl methyl sites for hydroxylation is 1. The molecule has 114 valence electrons. The van der Waals surface area contributed by atoms with Crippen molar-refractivity contribution in [1.82, 2.24) is 0 Å². The zero-order valence-electron chi connectivity index (χ0n) is 12.3. The van der Waals surface area contributed by atoms with E-state index in [9.17, 15) is 20.0 Å². The van der Waals surface area contributed by atoms with E-state index in [-0.39, 0.29) is 5.69 Å². The maximum Gasteiger partial charge on any atom is 0.311 e. The molecule has 21 heavy (non-hydrogen) atoms. The zero-order chi connectivity index (χ0) is 15.6. The average Bonchev–Trinajstić information content (AvgIpc) is 2.84. The first-order chi connectivity index (χ1) is 9.91. The first-order valence-electron chi connectivity index (χ1n) is 7.13. The quantitative estimate of drug-likeness (QED) is 0.666. The second kappa shape index (κ2) is 5.71. The highest BCUT2D eigenvalue weighted by Gasteiger charge is 2.45. The number of benzene rings is 1. The molecule has 0 aliphatic carbocycles. The summed E-state index contributed by atoms with van der Waals surface area (Å²) in [6.45, 7) is 4.66. The third kappa shape index (κ3) is 2.70. The van der Waals surface area contributed by atoms with Gasteiger partial charge in [0.1, 0.15) is 5.69 Å². The molecule has 1 unspecified atom stereocenters. The number of carboxylic acids is 1. The molecule has 1 fully saturated rings. The molecule has 6 nitrogen and oxygen atoms in total. The standard InChI is InChI=1S/C15H20N2O4/c1-3-7-15(14(18)19)8-9-16(10-15)13-11(2)5-4-6-12(13)17(20)21/h4-6H,3,7-10H2,1-2H3,(H,18,19). The molecular weight excluding hydrogens is 272 g/mol. The van der Waals surface area contributed by atoms with Gasteiger partial charge in [0.15, 0.2) is 0 Å². The monoisotopic (exact) mass is 292 g/mol. The first-order valence-corrected chi connectivity index (χ1v) is 7.13. The van der Waals surface area contributed by atoms with Gasteiger partial charge >= 0.3 is 5.97 Å². The number of aliphatic carboxylic acids is 1. The van der Waals surface area contributed by atoms with Crippen molar-refractivity contribution in [3.8, 4) is 0 Å². The molecule has 1 aliphatic heterocycles. The maximum absolute atomic E-state index is 11.6. The SMILES string of the molecule is CCCC1(C(=O)O)CCN(c2c(C)cccc2[N+](=O)[O-])C1. The molecule has 0 spiro atoms. The van der Waals surface area contributed by atoms with Gasteiger partial charge in [-0.3, -0.25) is 14.9 Å². The number of para-hydroxylation sites is 1. The van der Waals surface area contributed by atoms with Crippen LogP contribution in [0.1, 0.15) is 31.7 Å². The molecular formula is C15H20N2O4. The molecule has 2 rings (SSSR count).